The quantitative estimate of drug-likeness (QED) is 0.191. The van der Waals surface area contributed by atoms with Gasteiger partial charge in [-0.1, -0.05) is 146 Å². The molecule has 0 fully saturated rings. The average molecular weight is 747 g/mol. The zero-order valence-corrected chi connectivity index (χ0v) is 31.9. The van der Waals surface area contributed by atoms with Gasteiger partial charge in [0.25, 0.3) is 0 Å². The fourth-order valence-electron chi connectivity index (χ4n) is 9.57. The largest absolute Gasteiger partial charge is 0.350 e. The summed E-state index contributed by atoms with van der Waals surface area (Å²) >= 11 is 0. The molecule has 1 N–H and O–H groups in total. The molecule has 2 atom stereocenters. The zero-order chi connectivity index (χ0) is 38.3. The number of hydrogen-bond acceptors (Lipinski definition) is 3. The lowest BCUT2D eigenvalue weighted by molar-refractivity contribution is 0.109. The van der Waals surface area contributed by atoms with Gasteiger partial charge in [0, 0.05) is 49.3 Å². The highest BCUT2D eigenvalue weighted by atomic mass is 15.5. The highest BCUT2D eigenvalue weighted by Crippen LogP contribution is 2.44. The third kappa shape index (κ3) is 4.79. The molecule has 0 saturated heterocycles. The molecule has 12 rings (SSSR count). The van der Waals surface area contributed by atoms with Gasteiger partial charge < -0.3 is 19.0 Å². The highest BCUT2D eigenvalue weighted by molar-refractivity contribution is 6.23. The first kappa shape index (κ1) is 32.8. The Balaban J connectivity index is 1.14. The lowest BCUT2D eigenvalue weighted by atomic mass is 10.1. The minimum absolute atomic E-state index is 0.161. The molecule has 1 aliphatic heterocycles. The molecule has 6 nitrogen and oxygen atoms in total. The number of benzene rings is 8. The van der Waals surface area contributed by atoms with Crippen LogP contribution in [0, 0.1) is 0 Å². The van der Waals surface area contributed by atoms with E-state index in [2.05, 4.69) is 225 Å². The summed E-state index contributed by atoms with van der Waals surface area (Å²) in [6, 6.07) is 69.9. The van der Waals surface area contributed by atoms with Gasteiger partial charge in [-0.2, -0.15) is 0 Å². The van der Waals surface area contributed by atoms with Gasteiger partial charge in [0.1, 0.15) is 12.0 Å². The molecule has 0 saturated carbocycles. The average Bonchev–Trinajstić information content (AvgIpc) is 3.93. The number of nitrogens with zero attached hydrogens (tertiary/aromatic N) is 5. The molecule has 4 heterocycles. The van der Waals surface area contributed by atoms with Crippen LogP contribution in [0.25, 0.3) is 76.8 Å². The van der Waals surface area contributed by atoms with Crippen molar-refractivity contribution in [2.45, 2.75) is 12.5 Å². The second kappa shape index (κ2) is 12.8. The normalized spacial score (nSPS) is 16.2. The summed E-state index contributed by atoms with van der Waals surface area (Å²) in [5, 5.41) is 11.3. The van der Waals surface area contributed by atoms with Crippen molar-refractivity contribution in [1.82, 2.24) is 23.9 Å². The van der Waals surface area contributed by atoms with E-state index in [9.17, 15) is 0 Å². The van der Waals surface area contributed by atoms with Crippen molar-refractivity contribution in [3.63, 3.8) is 0 Å². The standard InChI is InChI=1S/C52H38N6/c1-55-51(34-17-4-2-5-18-34)53-50(35-19-16-22-37(33-35)56-44-27-12-8-23-38(44)39-24-9-13-28-45(39)56)54-52(55)58-47-30-15-11-26-41(47)43-32-31-42-40-25-10-14-29-46(40)57(48(42)49(43)58)36-20-6-3-7-21-36/h2-33,51-52H,1H3,(H,53,54). The summed E-state index contributed by atoms with van der Waals surface area (Å²) in [6.07, 6.45) is -0.556. The van der Waals surface area contributed by atoms with Crippen LogP contribution in [0.2, 0.25) is 0 Å². The Morgan fingerprint density at radius 1 is 0.431 bits per heavy atom. The Hall–Kier alpha value is -7.41. The monoisotopic (exact) mass is 746 g/mol. The molecule has 8 aromatic carbocycles. The smallest absolute Gasteiger partial charge is 0.187 e. The van der Waals surface area contributed by atoms with E-state index in [1.165, 1.54) is 59.9 Å². The third-order valence-corrected chi connectivity index (χ3v) is 12.1. The van der Waals surface area contributed by atoms with Crippen LogP contribution in [0.1, 0.15) is 23.6 Å². The van der Waals surface area contributed by atoms with Crippen LogP contribution in [0.5, 0.6) is 0 Å². The SMILES string of the molecule is CN1C(c2ccccc2)NC(c2cccc(-n3c4ccccc4c4ccccc43)c2)=NC1n1c2ccccc2c2ccc3c4ccccc4n(-c4ccccc4)c3c21. The summed E-state index contributed by atoms with van der Waals surface area (Å²) in [6.45, 7) is 0. The lowest BCUT2D eigenvalue weighted by Gasteiger charge is -2.40. The van der Waals surface area contributed by atoms with Gasteiger partial charge in [-0.15, -0.1) is 0 Å². The predicted molar refractivity (Wildman–Crippen MR) is 240 cm³/mol. The molecule has 6 heteroatoms. The number of amidine groups is 1. The van der Waals surface area contributed by atoms with Gasteiger partial charge >= 0.3 is 0 Å². The van der Waals surface area contributed by atoms with Crippen molar-refractivity contribution in [3.8, 4) is 11.4 Å². The molecule has 2 unspecified atom stereocenters. The van der Waals surface area contributed by atoms with Gasteiger partial charge in [0.15, 0.2) is 6.29 Å². The number of nitrogens with one attached hydrogen (secondary N) is 1. The van der Waals surface area contributed by atoms with E-state index < -0.39 is 6.29 Å². The minimum atomic E-state index is -0.395. The molecule has 58 heavy (non-hydrogen) atoms. The van der Waals surface area contributed by atoms with Crippen LogP contribution in [0.4, 0.5) is 0 Å². The zero-order valence-electron chi connectivity index (χ0n) is 31.9. The van der Waals surface area contributed by atoms with Crippen LogP contribution in [0.15, 0.2) is 199 Å². The summed E-state index contributed by atoms with van der Waals surface area (Å²) in [5.41, 5.74) is 11.4. The van der Waals surface area contributed by atoms with E-state index in [0.717, 1.165) is 33.8 Å². The molecular weight excluding hydrogens is 709 g/mol. The molecule has 0 amide bonds. The molecule has 3 aromatic heterocycles. The number of rotatable bonds is 5. The van der Waals surface area contributed by atoms with Crippen LogP contribution in [-0.2, 0) is 0 Å². The van der Waals surface area contributed by atoms with Crippen molar-refractivity contribution in [2.75, 3.05) is 7.05 Å². The van der Waals surface area contributed by atoms with Gasteiger partial charge in [-0.25, -0.2) is 9.89 Å². The van der Waals surface area contributed by atoms with Gasteiger partial charge in [0.05, 0.1) is 33.1 Å². The Morgan fingerprint density at radius 3 is 1.59 bits per heavy atom. The summed E-state index contributed by atoms with van der Waals surface area (Å²) in [7, 11) is 2.19. The molecule has 0 radical (unpaired) electrons. The maximum Gasteiger partial charge on any atom is 0.187 e. The highest BCUT2D eigenvalue weighted by Gasteiger charge is 2.34. The Labute approximate surface area is 335 Å². The molecule has 276 valence electrons. The molecule has 0 spiro atoms. The fourth-order valence-corrected chi connectivity index (χ4v) is 9.57. The molecular formula is C52H38N6. The first-order chi connectivity index (χ1) is 28.7. The van der Waals surface area contributed by atoms with Crippen molar-refractivity contribution < 1.29 is 0 Å². The van der Waals surface area contributed by atoms with Crippen LogP contribution in [0.3, 0.4) is 0 Å². The van der Waals surface area contributed by atoms with E-state index in [4.69, 9.17) is 4.99 Å². The molecule has 0 aliphatic carbocycles. The van der Waals surface area contributed by atoms with Crippen molar-refractivity contribution >= 4 is 71.3 Å². The molecule has 0 bridgehead atoms. The fraction of sp³-hybridized carbons (Fsp3) is 0.0577. The number of aliphatic imine (C=N–C) groups is 1. The Bertz CT molecular complexity index is 3350. The number of fused-ring (bicyclic) bond motifs is 10. The second-order valence-corrected chi connectivity index (χ2v) is 15.3. The van der Waals surface area contributed by atoms with E-state index in [1.807, 2.05) is 0 Å². The van der Waals surface area contributed by atoms with E-state index in [-0.39, 0.29) is 6.17 Å². The van der Waals surface area contributed by atoms with Crippen LogP contribution in [-0.4, -0.2) is 31.5 Å². The first-order valence-electron chi connectivity index (χ1n) is 19.9. The topological polar surface area (TPSA) is 42.4 Å². The van der Waals surface area contributed by atoms with Crippen LogP contribution < -0.4 is 5.32 Å². The molecule has 11 aromatic rings. The maximum atomic E-state index is 5.74. The van der Waals surface area contributed by atoms with E-state index >= 15 is 0 Å². The Kier molecular flexibility index (Phi) is 7.25. The van der Waals surface area contributed by atoms with E-state index in [0.29, 0.717) is 0 Å². The number of para-hydroxylation sites is 5. The third-order valence-electron chi connectivity index (χ3n) is 12.1. The van der Waals surface area contributed by atoms with Crippen LogP contribution >= 0.6 is 0 Å². The molecule has 1 aliphatic rings. The van der Waals surface area contributed by atoms with Crippen molar-refractivity contribution in [3.05, 3.63) is 205 Å². The number of hydrogen-bond donors (Lipinski definition) is 1. The second-order valence-electron chi connectivity index (χ2n) is 15.3. The van der Waals surface area contributed by atoms with Gasteiger partial charge in [-0.3, -0.25) is 0 Å². The Morgan fingerprint density at radius 2 is 0.931 bits per heavy atom. The van der Waals surface area contributed by atoms with E-state index in [1.54, 1.807) is 0 Å². The maximum absolute atomic E-state index is 5.74. The predicted octanol–water partition coefficient (Wildman–Crippen LogP) is 12.1. The lowest BCUT2D eigenvalue weighted by Crippen LogP contribution is -2.47. The van der Waals surface area contributed by atoms with Crippen molar-refractivity contribution in [1.29, 1.82) is 0 Å². The van der Waals surface area contributed by atoms with Gasteiger partial charge in [0.2, 0.25) is 0 Å². The number of aromatic nitrogens is 3. The van der Waals surface area contributed by atoms with Gasteiger partial charge in [-0.05, 0) is 61.1 Å². The van der Waals surface area contributed by atoms with Crippen molar-refractivity contribution in [2.24, 2.45) is 4.99 Å². The minimum Gasteiger partial charge on any atom is -0.350 e. The summed E-state index contributed by atoms with van der Waals surface area (Å²) < 4.78 is 7.30. The summed E-state index contributed by atoms with van der Waals surface area (Å²) in [4.78, 5) is 8.11. The summed E-state index contributed by atoms with van der Waals surface area (Å²) in [5.74, 6) is 0.848. The first-order valence-corrected chi connectivity index (χ1v) is 19.9.